The fourth-order valence-corrected chi connectivity index (χ4v) is 3.70. The van der Waals surface area contributed by atoms with Crippen LogP contribution in [0, 0.1) is 5.92 Å². The maximum absolute atomic E-state index is 12.5. The van der Waals surface area contributed by atoms with Crippen LogP contribution in [0.3, 0.4) is 0 Å². The molecule has 0 bridgehead atoms. The fraction of sp³-hybridized carbons (Fsp3) is 0.375. The van der Waals surface area contributed by atoms with Crippen molar-refractivity contribution in [3.8, 4) is 11.5 Å². The molecule has 0 aliphatic carbocycles. The van der Waals surface area contributed by atoms with Crippen molar-refractivity contribution < 1.29 is 14.3 Å². The molecule has 2 aromatic heterocycles. The number of aromatic nitrogens is 2. The highest BCUT2D eigenvalue weighted by Gasteiger charge is 2.18. The van der Waals surface area contributed by atoms with Gasteiger partial charge < -0.3 is 15.0 Å². The lowest BCUT2D eigenvalue weighted by Gasteiger charge is -2.16. The van der Waals surface area contributed by atoms with Crippen LogP contribution in [0.25, 0.3) is 10.9 Å². The Kier molecular flexibility index (Phi) is 6.58. The van der Waals surface area contributed by atoms with Gasteiger partial charge in [0.1, 0.15) is 17.3 Å². The van der Waals surface area contributed by atoms with Crippen molar-refractivity contribution in [1.29, 1.82) is 0 Å². The maximum atomic E-state index is 12.5. The SMILES string of the molecule is CC(C)CCNC(=O)n1ccc2cc(Oc3ccnc(NC(=O)N4CCCC4)c3)ccc21. The highest BCUT2D eigenvalue weighted by atomic mass is 16.5. The summed E-state index contributed by atoms with van der Waals surface area (Å²) in [6, 6.07) is 10.6. The number of likely N-dealkylation sites (tertiary alicyclic amines) is 1. The van der Waals surface area contributed by atoms with Crippen molar-refractivity contribution >= 4 is 28.8 Å². The number of pyridine rings is 1. The Morgan fingerprint density at radius 1 is 1.06 bits per heavy atom. The lowest BCUT2D eigenvalue weighted by atomic mass is 10.1. The van der Waals surface area contributed by atoms with E-state index in [1.807, 2.05) is 24.3 Å². The van der Waals surface area contributed by atoms with Crippen LogP contribution in [0.5, 0.6) is 11.5 Å². The van der Waals surface area contributed by atoms with Gasteiger partial charge in [0.15, 0.2) is 0 Å². The molecular weight excluding hydrogens is 406 g/mol. The first-order valence-corrected chi connectivity index (χ1v) is 11.1. The third kappa shape index (κ3) is 5.19. The van der Waals surface area contributed by atoms with Gasteiger partial charge in [0.25, 0.3) is 0 Å². The molecule has 168 valence electrons. The number of anilines is 1. The van der Waals surface area contributed by atoms with E-state index in [0.717, 1.165) is 43.3 Å². The van der Waals surface area contributed by atoms with Crippen LogP contribution in [0.1, 0.15) is 33.1 Å². The molecule has 0 radical (unpaired) electrons. The molecule has 1 aliphatic heterocycles. The number of hydrogen-bond donors (Lipinski definition) is 2. The lowest BCUT2D eigenvalue weighted by molar-refractivity contribution is 0.222. The number of rotatable bonds is 6. The molecule has 8 heteroatoms. The van der Waals surface area contributed by atoms with Crippen LogP contribution in [0.4, 0.5) is 15.4 Å². The minimum absolute atomic E-state index is 0.137. The molecule has 3 heterocycles. The van der Waals surface area contributed by atoms with Crippen LogP contribution in [0.2, 0.25) is 0 Å². The van der Waals surface area contributed by atoms with E-state index < -0.39 is 0 Å². The van der Waals surface area contributed by atoms with E-state index in [-0.39, 0.29) is 12.1 Å². The number of fused-ring (bicyclic) bond motifs is 1. The first-order chi connectivity index (χ1) is 15.5. The van der Waals surface area contributed by atoms with Gasteiger partial charge in [-0.05, 0) is 55.5 Å². The van der Waals surface area contributed by atoms with E-state index in [1.54, 1.807) is 34.0 Å². The van der Waals surface area contributed by atoms with Crippen LogP contribution in [-0.4, -0.2) is 46.1 Å². The predicted molar refractivity (Wildman–Crippen MR) is 124 cm³/mol. The first-order valence-electron chi connectivity index (χ1n) is 11.1. The van der Waals surface area contributed by atoms with E-state index in [9.17, 15) is 9.59 Å². The van der Waals surface area contributed by atoms with E-state index in [0.29, 0.717) is 29.8 Å². The Hall–Kier alpha value is -3.55. The number of carbonyl (C=O) groups excluding carboxylic acids is 2. The van der Waals surface area contributed by atoms with Crippen molar-refractivity contribution in [2.45, 2.75) is 33.1 Å². The van der Waals surface area contributed by atoms with Crippen LogP contribution >= 0.6 is 0 Å². The number of nitrogens with one attached hydrogen (secondary N) is 2. The summed E-state index contributed by atoms with van der Waals surface area (Å²) in [7, 11) is 0. The second kappa shape index (κ2) is 9.72. The number of urea groups is 1. The van der Waals surface area contributed by atoms with Gasteiger partial charge in [-0.25, -0.2) is 14.6 Å². The third-order valence-electron chi connectivity index (χ3n) is 5.47. The number of nitrogens with zero attached hydrogens (tertiary/aromatic N) is 3. The molecule has 1 saturated heterocycles. The number of ether oxygens (including phenoxy) is 1. The summed E-state index contributed by atoms with van der Waals surface area (Å²) in [4.78, 5) is 30.8. The number of carbonyl (C=O) groups is 2. The Balaban J connectivity index is 1.42. The first kappa shape index (κ1) is 21.7. The highest BCUT2D eigenvalue weighted by Crippen LogP contribution is 2.27. The number of amides is 3. The van der Waals surface area contributed by atoms with Gasteiger partial charge >= 0.3 is 12.1 Å². The molecule has 2 N–H and O–H groups in total. The molecule has 1 aromatic carbocycles. The highest BCUT2D eigenvalue weighted by molar-refractivity contribution is 5.92. The summed E-state index contributed by atoms with van der Waals surface area (Å²) in [6.07, 6.45) is 6.37. The molecule has 0 saturated carbocycles. The summed E-state index contributed by atoms with van der Waals surface area (Å²) in [6.45, 7) is 6.46. The summed E-state index contributed by atoms with van der Waals surface area (Å²) < 4.78 is 7.59. The van der Waals surface area contributed by atoms with E-state index in [2.05, 4.69) is 29.5 Å². The minimum Gasteiger partial charge on any atom is -0.457 e. The quantitative estimate of drug-likeness (QED) is 0.566. The van der Waals surface area contributed by atoms with Gasteiger partial charge in [0.2, 0.25) is 0 Å². The Morgan fingerprint density at radius 2 is 1.84 bits per heavy atom. The van der Waals surface area contributed by atoms with Gasteiger partial charge in [-0.3, -0.25) is 9.88 Å². The standard InChI is InChI=1S/C24H29N5O3/c1-17(2)7-10-26-23(30)29-14-9-18-15-19(5-6-21(18)29)32-20-8-11-25-22(16-20)27-24(31)28-12-3-4-13-28/h5-6,8-9,11,14-17H,3-4,7,10,12-13H2,1-2H3,(H,26,30)(H,25,27,31). The average Bonchev–Trinajstić information content (AvgIpc) is 3.44. The molecule has 1 aliphatic rings. The molecule has 1 fully saturated rings. The van der Waals surface area contributed by atoms with E-state index in [1.165, 1.54) is 0 Å². The molecule has 3 amide bonds. The zero-order chi connectivity index (χ0) is 22.5. The molecule has 3 aromatic rings. The Labute approximate surface area is 187 Å². The van der Waals surface area contributed by atoms with E-state index in [4.69, 9.17) is 4.74 Å². The van der Waals surface area contributed by atoms with Gasteiger partial charge in [-0.2, -0.15) is 0 Å². The summed E-state index contributed by atoms with van der Waals surface area (Å²) in [5.41, 5.74) is 0.813. The second-order valence-corrected chi connectivity index (χ2v) is 8.42. The van der Waals surface area contributed by atoms with Crippen molar-refractivity contribution in [2.24, 2.45) is 5.92 Å². The molecule has 4 rings (SSSR count). The number of hydrogen-bond acceptors (Lipinski definition) is 4. The maximum Gasteiger partial charge on any atom is 0.326 e. The smallest absolute Gasteiger partial charge is 0.326 e. The van der Waals surface area contributed by atoms with Crippen LogP contribution < -0.4 is 15.4 Å². The number of benzene rings is 1. The second-order valence-electron chi connectivity index (χ2n) is 8.42. The minimum atomic E-state index is -0.137. The fourth-order valence-electron chi connectivity index (χ4n) is 3.70. The Morgan fingerprint density at radius 3 is 2.62 bits per heavy atom. The zero-order valence-electron chi connectivity index (χ0n) is 18.5. The predicted octanol–water partition coefficient (Wildman–Crippen LogP) is 5.06. The summed E-state index contributed by atoms with van der Waals surface area (Å²) in [5, 5.41) is 6.68. The molecule has 0 unspecified atom stereocenters. The Bertz CT molecular complexity index is 1100. The zero-order valence-corrected chi connectivity index (χ0v) is 18.5. The largest absolute Gasteiger partial charge is 0.457 e. The molecular formula is C24H29N5O3. The van der Waals surface area contributed by atoms with E-state index >= 15 is 0 Å². The van der Waals surface area contributed by atoms with Gasteiger partial charge in [0, 0.05) is 43.5 Å². The molecule has 0 spiro atoms. The average molecular weight is 436 g/mol. The van der Waals surface area contributed by atoms with Crippen LogP contribution in [-0.2, 0) is 0 Å². The van der Waals surface area contributed by atoms with Gasteiger partial charge in [0.05, 0.1) is 5.52 Å². The molecule has 8 nitrogen and oxygen atoms in total. The van der Waals surface area contributed by atoms with Crippen LogP contribution in [0.15, 0.2) is 48.8 Å². The summed E-state index contributed by atoms with van der Waals surface area (Å²) >= 11 is 0. The van der Waals surface area contributed by atoms with Gasteiger partial charge in [-0.15, -0.1) is 0 Å². The van der Waals surface area contributed by atoms with Crippen molar-refractivity contribution in [2.75, 3.05) is 25.0 Å². The normalized spacial score (nSPS) is 13.5. The lowest BCUT2D eigenvalue weighted by Crippen LogP contribution is -2.32. The van der Waals surface area contributed by atoms with Crippen molar-refractivity contribution in [3.63, 3.8) is 0 Å². The van der Waals surface area contributed by atoms with Gasteiger partial charge in [-0.1, -0.05) is 13.8 Å². The molecule has 32 heavy (non-hydrogen) atoms. The monoisotopic (exact) mass is 435 g/mol. The van der Waals surface area contributed by atoms with Crippen molar-refractivity contribution in [3.05, 3.63) is 48.8 Å². The van der Waals surface area contributed by atoms with Crippen molar-refractivity contribution in [1.82, 2.24) is 19.8 Å². The third-order valence-corrected chi connectivity index (χ3v) is 5.47. The topological polar surface area (TPSA) is 88.5 Å². The summed E-state index contributed by atoms with van der Waals surface area (Å²) in [5.74, 6) is 2.20. The molecule has 0 atom stereocenters.